The topological polar surface area (TPSA) is 52.7 Å². The number of nitrogens with zero attached hydrogens (tertiary/aromatic N) is 4. The number of carbonyl (C=O) groups is 1. The minimum Gasteiger partial charge on any atom is -0.267 e. The molecule has 0 unspecified atom stereocenters. The summed E-state index contributed by atoms with van der Waals surface area (Å²) in [6.07, 6.45) is 0. The van der Waals surface area contributed by atoms with Gasteiger partial charge in [-0.2, -0.15) is 10.2 Å². The molecule has 0 amide bonds. The molecule has 5 nitrogen and oxygen atoms in total. The normalized spacial score (nSPS) is 10.9. The van der Waals surface area contributed by atoms with Crippen LogP contribution in [0, 0.1) is 20.8 Å². The Kier molecular flexibility index (Phi) is 3.58. The lowest BCUT2D eigenvalue weighted by atomic mass is 10.2. The summed E-state index contributed by atoms with van der Waals surface area (Å²) in [5, 5.41) is 8.90. The fraction of sp³-hybridized carbons (Fsp3) is 0.188. The number of aromatic nitrogens is 4. The Labute approximate surface area is 133 Å². The second-order valence-corrected chi connectivity index (χ2v) is 5.50. The molecule has 0 bridgehead atoms. The SMILES string of the molecule is Cc1cc(C)n(C(=O)c2c(C)nn(-c3ccccc3)c2Cl)n1. The van der Waals surface area contributed by atoms with Crippen LogP contribution in [-0.4, -0.2) is 25.5 Å². The molecule has 0 aliphatic heterocycles. The van der Waals surface area contributed by atoms with Crippen LogP contribution in [-0.2, 0) is 0 Å². The molecular formula is C16H15ClN4O. The third-order valence-corrected chi connectivity index (χ3v) is 3.77. The summed E-state index contributed by atoms with van der Waals surface area (Å²) in [6.45, 7) is 5.45. The summed E-state index contributed by atoms with van der Waals surface area (Å²) in [5.41, 5.74) is 3.31. The maximum absolute atomic E-state index is 12.7. The average molecular weight is 315 g/mol. The van der Waals surface area contributed by atoms with Crippen molar-refractivity contribution < 1.29 is 4.79 Å². The zero-order valence-corrected chi connectivity index (χ0v) is 13.3. The van der Waals surface area contributed by atoms with Crippen molar-refractivity contribution in [2.24, 2.45) is 0 Å². The molecule has 0 saturated carbocycles. The Morgan fingerprint density at radius 2 is 1.77 bits per heavy atom. The highest BCUT2D eigenvalue weighted by atomic mass is 35.5. The van der Waals surface area contributed by atoms with Crippen LogP contribution < -0.4 is 0 Å². The first-order valence-electron chi connectivity index (χ1n) is 6.87. The van der Waals surface area contributed by atoms with E-state index in [1.807, 2.05) is 50.2 Å². The van der Waals surface area contributed by atoms with Gasteiger partial charge in [-0.15, -0.1) is 0 Å². The molecule has 3 rings (SSSR count). The lowest BCUT2D eigenvalue weighted by molar-refractivity contribution is 0.0942. The van der Waals surface area contributed by atoms with Crippen molar-refractivity contribution in [1.29, 1.82) is 0 Å². The van der Waals surface area contributed by atoms with E-state index in [1.165, 1.54) is 4.68 Å². The highest BCUT2D eigenvalue weighted by Gasteiger charge is 2.24. The van der Waals surface area contributed by atoms with E-state index in [9.17, 15) is 4.79 Å². The van der Waals surface area contributed by atoms with Crippen LogP contribution >= 0.6 is 11.6 Å². The first-order valence-corrected chi connectivity index (χ1v) is 7.25. The Morgan fingerprint density at radius 1 is 1.09 bits per heavy atom. The predicted octanol–water partition coefficient (Wildman–Crippen LogP) is 3.34. The average Bonchev–Trinajstić information content (AvgIpc) is 2.98. The largest absolute Gasteiger partial charge is 0.283 e. The molecule has 2 aromatic heterocycles. The van der Waals surface area contributed by atoms with Crippen molar-refractivity contribution in [2.75, 3.05) is 0 Å². The van der Waals surface area contributed by atoms with Crippen molar-refractivity contribution in [1.82, 2.24) is 19.6 Å². The molecule has 22 heavy (non-hydrogen) atoms. The van der Waals surface area contributed by atoms with E-state index in [-0.39, 0.29) is 5.91 Å². The van der Waals surface area contributed by atoms with Gasteiger partial charge in [0, 0.05) is 5.69 Å². The maximum Gasteiger partial charge on any atom is 0.283 e. The molecule has 0 aliphatic carbocycles. The maximum atomic E-state index is 12.7. The number of halogens is 1. The molecule has 6 heteroatoms. The second kappa shape index (κ2) is 5.42. The molecular weight excluding hydrogens is 300 g/mol. The molecule has 0 N–H and O–H groups in total. The van der Waals surface area contributed by atoms with Crippen LogP contribution in [0.2, 0.25) is 5.15 Å². The van der Waals surface area contributed by atoms with Crippen molar-refractivity contribution in [3.8, 4) is 5.69 Å². The van der Waals surface area contributed by atoms with E-state index in [4.69, 9.17) is 11.6 Å². The Morgan fingerprint density at radius 3 is 2.36 bits per heavy atom. The van der Waals surface area contributed by atoms with Crippen LogP contribution in [0.4, 0.5) is 0 Å². The first kappa shape index (κ1) is 14.5. The minimum atomic E-state index is -0.268. The first-order chi connectivity index (χ1) is 10.5. The van der Waals surface area contributed by atoms with Crippen molar-refractivity contribution >= 4 is 17.5 Å². The van der Waals surface area contributed by atoms with Gasteiger partial charge in [0.15, 0.2) is 0 Å². The molecule has 0 radical (unpaired) electrons. The van der Waals surface area contributed by atoms with Gasteiger partial charge >= 0.3 is 0 Å². The molecule has 0 atom stereocenters. The van der Waals surface area contributed by atoms with Gasteiger partial charge in [0.1, 0.15) is 10.7 Å². The highest BCUT2D eigenvalue weighted by Crippen LogP contribution is 2.24. The van der Waals surface area contributed by atoms with Crippen LogP contribution in [0.5, 0.6) is 0 Å². The van der Waals surface area contributed by atoms with Gasteiger partial charge < -0.3 is 0 Å². The van der Waals surface area contributed by atoms with Crippen LogP contribution in [0.3, 0.4) is 0 Å². The van der Waals surface area contributed by atoms with Gasteiger partial charge in [-0.05, 0) is 39.0 Å². The Balaban J connectivity index is 2.11. The van der Waals surface area contributed by atoms with Gasteiger partial charge in [-0.1, -0.05) is 29.8 Å². The number of rotatable bonds is 2. The minimum absolute atomic E-state index is 0.268. The van der Waals surface area contributed by atoms with E-state index in [0.29, 0.717) is 16.4 Å². The fourth-order valence-corrected chi connectivity index (χ4v) is 2.78. The molecule has 3 aromatic rings. The monoisotopic (exact) mass is 314 g/mol. The zero-order chi connectivity index (χ0) is 15.9. The van der Waals surface area contributed by atoms with Crippen molar-refractivity contribution in [3.05, 3.63) is 64.2 Å². The third-order valence-electron chi connectivity index (χ3n) is 3.42. The quantitative estimate of drug-likeness (QED) is 0.729. The fourth-order valence-electron chi connectivity index (χ4n) is 2.42. The van der Waals surface area contributed by atoms with Crippen LogP contribution in [0.1, 0.15) is 27.4 Å². The van der Waals surface area contributed by atoms with Gasteiger partial charge in [0.25, 0.3) is 5.91 Å². The van der Waals surface area contributed by atoms with Gasteiger partial charge in [0.2, 0.25) is 0 Å². The summed E-state index contributed by atoms with van der Waals surface area (Å²) in [7, 11) is 0. The zero-order valence-electron chi connectivity index (χ0n) is 12.5. The third kappa shape index (κ3) is 2.33. The van der Waals surface area contributed by atoms with Gasteiger partial charge in [0.05, 0.1) is 17.1 Å². The van der Waals surface area contributed by atoms with Crippen molar-refractivity contribution in [3.63, 3.8) is 0 Å². The van der Waals surface area contributed by atoms with Gasteiger partial charge in [-0.25, -0.2) is 9.36 Å². The van der Waals surface area contributed by atoms with Crippen LogP contribution in [0.15, 0.2) is 36.4 Å². The molecule has 1 aromatic carbocycles. The molecule has 112 valence electrons. The number of hydrogen-bond acceptors (Lipinski definition) is 3. The standard InChI is InChI=1S/C16H15ClN4O/c1-10-9-11(2)20(18-10)16(22)14-12(3)19-21(15(14)17)13-7-5-4-6-8-13/h4-9H,1-3H3. The van der Waals surface area contributed by atoms with E-state index in [1.54, 1.807) is 11.6 Å². The number of hydrogen-bond donors (Lipinski definition) is 0. The number of benzene rings is 1. The summed E-state index contributed by atoms with van der Waals surface area (Å²) >= 11 is 6.41. The van der Waals surface area contributed by atoms with E-state index >= 15 is 0 Å². The Bertz CT molecular complexity index is 849. The van der Waals surface area contributed by atoms with Gasteiger partial charge in [-0.3, -0.25) is 4.79 Å². The van der Waals surface area contributed by atoms with E-state index < -0.39 is 0 Å². The lowest BCUT2D eigenvalue weighted by Crippen LogP contribution is -2.16. The molecule has 0 aliphatic rings. The van der Waals surface area contributed by atoms with Crippen molar-refractivity contribution in [2.45, 2.75) is 20.8 Å². The summed E-state index contributed by atoms with van der Waals surface area (Å²) in [6, 6.07) is 11.3. The summed E-state index contributed by atoms with van der Waals surface area (Å²) in [5.74, 6) is -0.268. The molecule has 2 heterocycles. The number of carbonyl (C=O) groups excluding carboxylic acids is 1. The smallest absolute Gasteiger partial charge is 0.267 e. The second-order valence-electron chi connectivity index (χ2n) is 5.14. The van der Waals surface area contributed by atoms with E-state index in [2.05, 4.69) is 10.2 Å². The summed E-state index contributed by atoms with van der Waals surface area (Å²) in [4.78, 5) is 12.7. The molecule has 0 fully saturated rings. The highest BCUT2D eigenvalue weighted by molar-refractivity contribution is 6.33. The molecule has 0 saturated heterocycles. The number of aryl methyl sites for hydroxylation is 3. The Hall–Kier alpha value is -2.40. The number of para-hydroxylation sites is 1. The molecule has 0 spiro atoms. The van der Waals surface area contributed by atoms with E-state index in [0.717, 1.165) is 17.1 Å². The predicted molar refractivity (Wildman–Crippen MR) is 84.7 cm³/mol. The lowest BCUT2D eigenvalue weighted by Gasteiger charge is -2.04. The van der Waals surface area contributed by atoms with Crippen LogP contribution in [0.25, 0.3) is 5.69 Å². The summed E-state index contributed by atoms with van der Waals surface area (Å²) < 4.78 is 2.93.